The quantitative estimate of drug-likeness (QED) is 0.0532. The van der Waals surface area contributed by atoms with Gasteiger partial charge in [0.25, 0.3) is 0 Å². The summed E-state index contributed by atoms with van der Waals surface area (Å²) < 4.78 is 26.6. The van der Waals surface area contributed by atoms with Gasteiger partial charge in [-0.1, -0.05) is 39.5 Å². The van der Waals surface area contributed by atoms with E-state index in [0.717, 1.165) is 62.9 Å². The van der Waals surface area contributed by atoms with Crippen molar-refractivity contribution >= 4 is 41.4 Å². The first-order chi connectivity index (χ1) is 24.8. The fourth-order valence-electron chi connectivity index (χ4n) is 4.61. The minimum atomic E-state index is -1.12. The molecule has 1 atom stereocenters. The molecule has 0 aliphatic rings. The summed E-state index contributed by atoms with van der Waals surface area (Å²) in [6.45, 7) is 12.4. The molecular formula is C37H69N3O11S. The lowest BCUT2D eigenvalue weighted by molar-refractivity contribution is -0.160. The van der Waals surface area contributed by atoms with Gasteiger partial charge < -0.3 is 44.7 Å². The predicted octanol–water partition coefficient (Wildman–Crippen LogP) is 4.27. The monoisotopic (exact) mass is 763 g/mol. The van der Waals surface area contributed by atoms with E-state index in [9.17, 15) is 24.0 Å². The molecule has 0 aliphatic carbocycles. The average molecular weight is 764 g/mol. The number of rotatable bonds is 35. The van der Waals surface area contributed by atoms with Gasteiger partial charge in [0.15, 0.2) is 0 Å². The lowest BCUT2D eigenvalue weighted by Gasteiger charge is -2.26. The van der Waals surface area contributed by atoms with Crippen molar-refractivity contribution in [3.8, 4) is 0 Å². The highest BCUT2D eigenvalue weighted by molar-refractivity contribution is 7.99. The van der Waals surface area contributed by atoms with Crippen LogP contribution in [-0.4, -0.2) is 124 Å². The summed E-state index contributed by atoms with van der Waals surface area (Å²) in [5, 5.41) is 16.9. The molecule has 0 heterocycles. The van der Waals surface area contributed by atoms with Crippen LogP contribution in [0, 0.1) is 5.92 Å². The lowest BCUT2D eigenvalue weighted by atomic mass is 10.0. The van der Waals surface area contributed by atoms with Crippen molar-refractivity contribution < 1.29 is 52.8 Å². The molecule has 0 rings (SSSR count). The smallest absolute Gasteiger partial charge is 0.329 e. The summed E-state index contributed by atoms with van der Waals surface area (Å²) in [5.41, 5.74) is -0.580. The Balaban J connectivity index is 3.44. The lowest BCUT2D eigenvalue weighted by Crippen LogP contribution is -2.47. The molecule has 15 heteroatoms. The van der Waals surface area contributed by atoms with Gasteiger partial charge in [0.1, 0.15) is 24.9 Å². The SMILES string of the molecule is CC(C)C(NC(=O)CCCCCCCSCCCCCC(=O)NCCCOCCOCCOCCCNC(=O)COCC(=O)O)C(=O)OC(C)(C)C. The highest BCUT2D eigenvalue weighted by Crippen LogP contribution is 2.14. The largest absolute Gasteiger partial charge is 0.480 e. The van der Waals surface area contributed by atoms with Crippen molar-refractivity contribution in [2.24, 2.45) is 5.92 Å². The van der Waals surface area contributed by atoms with E-state index in [2.05, 4.69) is 16.0 Å². The van der Waals surface area contributed by atoms with Gasteiger partial charge in [0.05, 0.1) is 26.4 Å². The number of hydrogen-bond donors (Lipinski definition) is 4. The average Bonchev–Trinajstić information content (AvgIpc) is 3.06. The van der Waals surface area contributed by atoms with Crippen LogP contribution >= 0.6 is 11.8 Å². The summed E-state index contributed by atoms with van der Waals surface area (Å²) in [4.78, 5) is 58.5. The van der Waals surface area contributed by atoms with Crippen LogP contribution in [0.5, 0.6) is 0 Å². The standard InChI is InChI=1S/C37H69N3O11S/c1-30(2)35(36(46)51-37(3,4)5)40-32(42)17-10-7-6-8-12-26-52-27-13-9-11-16-31(41)38-18-14-20-47-22-24-49-25-23-48-21-15-19-39-33(43)28-50-29-34(44)45/h30,35H,6-29H2,1-5H3,(H,38,41)(H,39,43)(H,40,42)(H,44,45). The summed E-state index contributed by atoms with van der Waals surface area (Å²) >= 11 is 1.97. The first kappa shape index (κ1) is 49.5. The van der Waals surface area contributed by atoms with E-state index in [0.29, 0.717) is 72.0 Å². The van der Waals surface area contributed by atoms with E-state index < -0.39 is 24.2 Å². The van der Waals surface area contributed by atoms with E-state index >= 15 is 0 Å². The number of nitrogens with one attached hydrogen (secondary N) is 3. The fraction of sp³-hybridized carbons (Fsp3) is 0.865. The van der Waals surface area contributed by atoms with Crippen LogP contribution < -0.4 is 16.0 Å². The maximum absolute atomic E-state index is 12.4. The Labute approximate surface area is 316 Å². The van der Waals surface area contributed by atoms with Crippen LogP contribution in [0.15, 0.2) is 0 Å². The summed E-state index contributed by atoms with van der Waals surface area (Å²) in [7, 11) is 0. The fourth-order valence-corrected chi connectivity index (χ4v) is 5.63. The highest BCUT2D eigenvalue weighted by atomic mass is 32.2. The van der Waals surface area contributed by atoms with Crippen LogP contribution in [0.2, 0.25) is 0 Å². The minimum Gasteiger partial charge on any atom is -0.480 e. The Kier molecular flexibility index (Phi) is 31.6. The van der Waals surface area contributed by atoms with Gasteiger partial charge in [0, 0.05) is 39.1 Å². The van der Waals surface area contributed by atoms with Gasteiger partial charge in [-0.2, -0.15) is 11.8 Å². The third kappa shape index (κ3) is 34.6. The van der Waals surface area contributed by atoms with E-state index in [1.54, 1.807) is 0 Å². The molecule has 14 nitrogen and oxygen atoms in total. The minimum absolute atomic E-state index is 0.0331. The second-order valence-corrected chi connectivity index (χ2v) is 15.1. The first-order valence-electron chi connectivity index (χ1n) is 19.0. The molecule has 0 saturated carbocycles. The molecule has 0 radical (unpaired) electrons. The van der Waals surface area contributed by atoms with E-state index in [4.69, 9.17) is 28.8 Å². The first-order valence-corrected chi connectivity index (χ1v) is 20.1. The number of amides is 3. The molecule has 3 amide bonds. The van der Waals surface area contributed by atoms with Gasteiger partial charge in [-0.15, -0.1) is 0 Å². The van der Waals surface area contributed by atoms with Crippen molar-refractivity contribution in [1.82, 2.24) is 16.0 Å². The molecule has 0 saturated heterocycles. The van der Waals surface area contributed by atoms with Crippen molar-refractivity contribution in [1.29, 1.82) is 0 Å². The Bertz CT molecular complexity index is 964. The van der Waals surface area contributed by atoms with Crippen LogP contribution in [-0.2, 0) is 47.7 Å². The molecule has 1 unspecified atom stereocenters. The zero-order valence-corrected chi connectivity index (χ0v) is 33.4. The Hall–Kier alpha value is -2.46. The summed E-state index contributed by atoms with van der Waals surface area (Å²) in [6.07, 6.45) is 10.7. The van der Waals surface area contributed by atoms with Gasteiger partial charge in [0.2, 0.25) is 17.7 Å². The molecule has 304 valence electrons. The molecule has 0 aromatic carbocycles. The number of aliphatic carboxylic acids is 1. The number of hydrogen-bond acceptors (Lipinski definition) is 11. The third-order valence-electron chi connectivity index (χ3n) is 7.31. The second-order valence-electron chi connectivity index (χ2n) is 13.9. The third-order valence-corrected chi connectivity index (χ3v) is 8.46. The van der Waals surface area contributed by atoms with Crippen LogP contribution in [0.3, 0.4) is 0 Å². The number of carboxylic acids is 1. The maximum atomic E-state index is 12.4. The maximum Gasteiger partial charge on any atom is 0.329 e. The Morgan fingerprint density at radius 2 is 1.08 bits per heavy atom. The number of esters is 1. The molecule has 0 bridgehead atoms. The van der Waals surface area contributed by atoms with Crippen molar-refractivity contribution in [3.05, 3.63) is 0 Å². The van der Waals surface area contributed by atoms with Crippen LogP contribution in [0.4, 0.5) is 0 Å². The molecule has 52 heavy (non-hydrogen) atoms. The van der Waals surface area contributed by atoms with E-state index in [1.165, 1.54) is 6.42 Å². The van der Waals surface area contributed by atoms with Gasteiger partial charge in [-0.05, 0) is 76.7 Å². The molecule has 0 aromatic rings. The highest BCUT2D eigenvalue weighted by Gasteiger charge is 2.29. The Morgan fingerprint density at radius 3 is 1.62 bits per heavy atom. The summed E-state index contributed by atoms with van der Waals surface area (Å²) in [6, 6.07) is -0.618. The van der Waals surface area contributed by atoms with Gasteiger partial charge in [-0.25, -0.2) is 9.59 Å². The topological polar surface area (TPSA) is 188 Å². The summed E-state index contributed by atoms with van der Waals surface area (Å²) in [5.74, 6) is 0.351. The number of thioether (sulfide) groups is 1. The molecule has 0 spiro atoms. The van der Waals surface area contributed by atoms with E-state index in [1.807, 2.05) is 46.4 Å². The van der Waals surface area contributed by atoms with Crippen LogP contribution in [0.1, 0.15) is 112 Å². The van der Waals surface area contributed by atoms with Gasteiger partial charge in [-0.3, -0.25) is 14.4 Å². The second kappa shape index (κ2) is 33.1. The molecule has 0 aromatic heterocycles. The molecule has 4 N–H and O–H groups in total. The number of carbonyl (C=O) groups is 5. The van der Waals surface area contributed by atoms with Crippen molar-refractivity contribution in [2.75, 3.05) is 77.5 Å². The molecular weight excluding hydrogens is 694 g/mol. The van der Waals surface area contributed by atoms with Crippen molar-refractivity contribution in [3.63, 3.8) is 0 Å². The normalized spacial score (nSPS) is 12.0. The van der Waals surface area contributed by atoms with Crippen LogP contribution in [0.25, 0.3) is 0 Å². The Morgan fingerprint density at radius 1 is 0.596 bits per heavy atom. The zero-order chi connectivity index (χ0) is 38.9. The number of carboxylic acid groups (broad SMARTS) is 1. The molecule has 0 fully saturated rings. The number of carbonyl (C=O) groups excluding carboxylic acids is 4. The van der Waals surface area contributed by atoms with Gasteiger partial charge >= 0.3 is 11.9 Å². The van der Waals surface area contributed by atoms with E-state index in [-0.39, 0.29) is 36.2 Å². The number of unbranched alkanes of at least 4 members (excludes halogenated alkanes) is 6. The predicted molar refractivity (Wildman–Crippen MR) is 202 cm³/mol. The number of ether oxygens (including phenoxy) is 5. The van der Waals surface area contributed by atoms with Crippen molar-refractivity contribution in [2.45, 2.75) is 123 Å². The molecule has 0 aliphatic heterocycles. The zero-order valence-electron chi connectivity index (χ0n) is 32.6.